The SMILES string of the molecule is CC(C)c1cc(N2C(=O)NC3=C(C(=O)N[C@@H]4CCC[C@@H]4N)SC4NCCC2C34)ccn1. The molecule has 1 aromatic heterocycles. The Hall–Kier alpha value is -2.10. The van der Waals surface area contributed by atoms with Crippen molar-refractivity contribution in [3.05, 3.63) is 34.6 Å². The maximum atomic E-state index is 13.3. The summed E-state index contributed by atoms with van der Waals surface area (Å²) in [6.07, 6.45) is 5.49. The van der Waals surface area contributed by atoms with Crippen LogP contribution in [0.1, 0.15) is 51.1 Å². The van der Waals surface area contributed by atoms with Crippen LogP contribution in [0.15, 0.2) is 28.9 Å². The maximum Gasteiger partial charge on any atom is 0.326 e. The molecular formula is C22H30N6O2S. The third kappa shape index (κ3) is 3.62. The van der Waals surface area contributed by atoms with E-state index in [1.54, 1.807) is 6.20 Å². The van der Waals surface area contributed by atoms with Gasteiger partial charge in [-0.2, -0.15) is 0 Å². The summed E-state index contributed by atoms with van der Waals surface area (Å²) < 4.78 is 0. The molecule has 3 aliphatic heterocycles. The minimum absolute atomic E-state index is 0.00366. The fraction of sp³-hybridized carbons (Fsp3) is 0.591. The van der Waals surface area contributed by atoms with Gasteiger partial charge in [0.2, 0.25) is 0 Å². The average molecular weight is 443 g/mol. The first kappa shape index (κ1) is 20.8. The number of thioether (sulfide) groups is 1. The van der Waals surface area contributed by atoms with Crippen LogP contribution in [0.2, 0.25) is 0 Å². The second-order valence-corrected chi connectivity index (χ2v) is 10.3. The third-order valence-electron chi connectivity index (χ3n) is 6.87. The maximum absolute atomic E-state index is 13.3. The zero-order valence-electron chi connectivity index (χ0n) is 17.9. The van der Waals surface area contributed by atoms with Gasteiger partial charge in [0.05, 0.1) is 16.3 Å². The molecule has 0 bridgehead atoms. The van der Waals surface area contributed by atoms with Gasteiger partial charge in [0.25, 0.3) is 5.91 Å². The Kier molecular flexibility index (Phi) is 5.44. The first-order valence-corrected chi connectivity index (χ1v) is 12.1. The predicted octanol–water partition coefficient (Wildman–Crippen LogP) is 1.99. The molecule has 4 aliphatic rings. The van der Waals surface area contributed by atoms with Crippen LogP contribution in [0.5, 0.6) is 0 Å². The van der Waals surface area contributed by atoms with E-state index in [4.69, 9.17) is 5.73 Å². The summed E-state index contributed by atoms with van der Waals surface area (Å²) >= 11 is 1.53. The number of hydrogen-bond acceptors (Lipinski definition) is 6. The number of nitrogens with one attached hydrogen (secondary N) is 3. The number of hydrogen-bond donors (Lipinski definition) is 4. The number of carbonyl (C=O) groups is 2. The van der Waals surface area contributed by atoms with Gasteiger partial charge >= 0.3 is 6.03 Å². The lowest BCUT2D eigenvalue weighted by Crippen LogP contribution is -2.62. The van der Waals surface area contributed by atoms with Gasteiger partial charge in [0.1, 0.15) is 0 Å². The van der Waals surface area contributed by atoms with E-state index in [1.807, 2.05) is 17.0 Å². The van der Waals surface area contributed by atoms with Gasteiger partial charge in [-0.05, 0) is 50.3 Å². The van der Waals surface area contributed by atoms with Gasteiger partial charge in [-0.25, -0.2) is 4.79 Å². The Labute approximate surface area is 186 Å². The van der Waals surface area contributed by atoms with Crippen LogP contribution in [0.25, 0.3) is 0 Å². The van der Waals surface area contributed by atoms with Crippen LogP contribution in [-0.4, -0.2) is 47.0 Å². The summed E-state index contributed by atoms with van der Waals surface area (Å²) in [5.41, 5.74) is 8.74. The molecule has 0 aromatic carbocycles. The van der Waals surface area contributed by atoms with Crippen molar-refractivity contribution in [1.29, 1.82) is 0 Å². The molecule has 0 radical (unpaired) electrons. The summed E-state index contributed by atoms with van der Waals surface area (Å²) in [5, 5.41) is 9.79. The molecule has 3 amide bonds. The molecule has 0 spiro atoms. The smallest absolute Gasteiger partial charge is 0.326 e. The fourth-order valence-electron chi connectivity index (χ4n) is 5.23. The highest BCUT2D eigenvalue weighted by atomic mass is 32.2. The van der Waals surface area contributed by atoms with E-state index in [0.717, 1.165) is 49.3 Å². The average Bonchev–Trinajstić information content (AvgIpc) is 3.32. The first-order chi connectivity index (χ1) is 14.9. The number of carbonyl (C=O) groups excluding carboxylic acids is 2. The molecule has 5 rings (SSSR count). The molecule has 8 nitrogen and oxygen atoms in total. The standard InChI is InChI=1S/C22H30N6O2S/c1-11(2)15-10-12(6-8-24-15)28-16-7-9-25-21-17(16)18(27-22(28)30)19(31-21)20(29)26-14-5-3-4-13(14)23/h6,8,10-11,13-14,16-17,21,25H,3-5,7,9,23H2,1-2H3,(H,26,29)(H,27,30)/t13-,14+,16?,17?,21?/m0/s1. The van der Waals surface area contributed by atoms with Crippen molar-refractivity contribution >= 4 is 29.4 Å². The summed E-state index contributed by atoms with van der Waals surface area (Å²) in [6, 6.07) is 3.75. The minimum Gasteiger partial charge on any atom is -0.347 e. The molecule has 5 N–H and O–H groups in total. The number of aromatic nitrogens is 1. The van der Waals surface area contributed by atoms with E-state index in [-0.39, 0.29) is 47.3 Å². The van der Waals surface area contributed by atoms with Crippen LogP contribution < -0.4 is 26.6 Å². The van der Waals surface area contributed by atoms with Crippen molar-refractivity contribution in [1.82, 2.24) is 20.9 Å². The first-order valence-electron chi connectivity index (χ1n) is 11.2. The number of anilines is 1. The monoisotopic (exact) mass is 442 g/mol. The lowest BCUT2D eigenvalue weighted by molar-refractivity contribution is -0.117. The van der Waals surface area contributed by atoms with Gasteiger partial charge in [0, 0.05) is 41.3 Å². The number of amides is 3. The van der Waals surface area contributed by atoms with Crippen LogP contribution in [0.4, 0.5) is 10.5 Å². The van der Waals surface area contributed by atoms with E-state index < -0.39 is 0 Å². The molecule has 4 heterocycles. The summed E-state index contributed by atoms with van der Waals surface area (Å²) in [4.78, 5) is 33.3. The second kappa shape index (κ2) is 8.11. The van der Waals surface area contributed by atoms with Crippen molar-refractivity contribution < 1.29 is 9.59 Å². The van der Waals surface area contributed by atoms with Gasteiger partial charge in [0.15, 0.2) is 0 Å². The zero-order valence-corrected chi connectivity index (χ0v) is 18.7. The molecule has 166 valence electrons. The minimum atomic E-state index is -0.178. The van der Waals surface area contributed by atoms with Crippen molar-refractivity contribution in [2.24, 2.45) is 11.7 Å². The third-order valence-corrected chi connectivity index (χ3v) is 8.22. The van der Waals surface area contributed by atoms with E-state index in [0.29, 0.717) is 4.91 Å². The molecule has 1 saturated carbocycles. The number of nitrogens with zero attached hydrogens (tertiary/aromatic N) is 2. The lowest BCUT2D eigenvalue weighted by atomic mass is 9.86. The van der Waals surface area contributed by atoms with Crippen LogP contribution in [-0.2, 0) is 4.79 Å². The number of nitrogens with two attached hydrogens (primary N) is 1. The predicted molar refractivity (Wildman–Crippen MR) is 121 cm³/mol. The number of rotatable bonds is 4. The second-order valence-electron chi connectivity index (χ2n) is 9.19. The van der Waals surface area contributed by atoms with Crippen molar-refractivity contribution in [2.75, 3.05) is 11.4 Å². The van der Waals surface area contributed by atoms with Crippen molar-refractivity contribution in [3.63, 3.8) is 0 Å². The Morgan fingerprint density at radius 2 is 2.19 bits per heavy atom. The lowest BCUT2D eigenvalue weighted by Gasteiger charge is -2.45. The van der Waals surface area contributed by atoms with Crippen LogP contribution >= 0.6 is 11.8 Å². The Bertz CT molecular complexity index is 934. The summed E-state index contributed by atoms with van der Waals surface area (Å²) in [5.74, 6) is 0.213. The van der Waals surface area contributed by atoms with E-state index in [1.165, 1.54) is 11.8 Å². The quantitative estimate of drug-likeness (QED) is 0.567. The molecule has 9 heteroatoms. The summed E-state index contributed by atoms with van der Waals surface area (Å²) in [7, 11) is 0. The van der Waals surface area contributed by atoms with Gasteiger partial charge in [-0.3, -0.25) is 14.7 Å². The molecule has 5 atom stereocenters. The fourth-order valence-corrected chi connectivity index (χ4v) is 6.63. The molecule has 2 saturated heterocycles. The highest BCUT2D eigenvalue weighted by Gasteiger charge is 2.52. The largest absolute Gasteiger partial charge is 0.347 e. The normalized spacial score (nSPS) is 32.3. The molecule has 1 aliphatic carbocycles. The Morgan fingerprint density at radius 1 is 1.35 bits per heavy atom. The van der Waals surface area contributed by atoms with Gasteiger partial charge in [-0.15, -0.1) is 0 Å². The Morgan fingerprint density at radius 3 is 2.94 bits per heavy atom. The van der Waals surface area contributed by atoms with Crippen LogP contribution in [0.3, 0.4) is 0 Å². The highest BCUT2D eigenvalue weighted by molar-refractivity contribution is 8.04. The van der Waals surface area contributed by atoms with Gasteiger partial charge in [-0.1, -0.05) is 25.6 Å². The molecule has 1 aromatic rings. The summed E-state index contributed by atoms with van der Waals surface area (Å²) in [6.45, 7) is 5.00. The molecule has 3 fully saturated rings. The van der Waals surface area contributed by atoms with Crippen molar-refractivity contribution in [2.45, 2.75) is 68.9 Å². The number of urea groups is 1. The number of piperidine rings is 1. The molecule has 31 heavy (non-hydrogen) atoms. The highest BCUT2D eigenvalue weighted by Crippen LogP contribution is 2.48. The number of pyridine rings is 1. The topological polar surface area (TPSA) is 112 Å². The van der Waals surface area contributed by atoms with E-state index in [2.05, 4.69) is 34.8 Å². The van der Waals surface area contributed by atoms with Crippen LogP contribution in [0, 0.1) is 5.92 Å². The van der Waals surface area contributed by atoms with Gasteiger partial charge < -0.3 is 21.7 Å². The molecule has 3 unspecified atom stereocenters. The molecular weight excluding hydrogens is 412 g/mol. The van der Waals surface area contributed by atoms with E-state index in [9.17, 15) is 9.59 Å². The van der Waals surface area contributed by atoms with E-state index >= 15 is 0 Å². The van der Waals surface area contributed by atoms with Crippen molar-refractivity contribution in [3.8, 4) is 0 Å². The Balaban J connectivity index is 1.45. The zero-order chi connectivity index (χ0) is 21.7.